The second kappa shape index (κ2) is 4.79. The molecule has 6 heteroatoms. The van der Waals surface area contributed by atoms with Gasteiger partial charge in [0.2, 0.25) is 0 Å². The summed E-state index contributed by atoms with van der Waals surface area (Å²) in [4.78, 5) is 4.11. The van der Waals surface area contributed by atoms with Gasteiger partial charge in [0, 0.05) is 19.3 Å². The lowest BCUT2D eigenvalue weighted by Gasteiger charge is -2.27. The van der Waals surface area contributed by atoms with Gasteiger partial charge in [0.15, 0.2) is 5.82 Å². The first-order chi connectivity index (χ1) is 7.81. The molecule has 1 aromatic rings. The van der Waals surface area contributed by atoms with E-state index in [1.165, 1.54) is 0 Å². The second-order valence-corrected chi connectivity index (χ2v) is 3.44. The summed E-state index contributed by atoms with van der Waals surface area (Å²) in [5.74, 6) is 0.529. The van der Waals surface area contributed by atoms with Gasteiger partial charge < -0.3 is 15.9 Å². The number of nitrogen functional groups attached to an aromatic ring is 1. The summed E-state index contributed by atoms with van der Waals surface area (Å²) in [5.41, 5.74) is 9.72. The summed E-state index contributed by atoms with van der Waals surface area (Å²) in [7, 11) is 0. The van der Waals surface area contributed by atoms with Gasteiger partial charge in [-0.05, 0) is 6.07 Å². The topological polar surface area (TPSA) is 87.2 Å². The van der Waals surface area contributed by atoms with Crippen molar-refractivity contribution in [3.05, 3.63) is 17.8 Å². The Morgan fingerprint density at radius 3 is 2.94 bits per heavy atom. The molecule has 1 aliphatic heterocycles. The predicted molar refractivity (Wildman–Crippen MR) is 59.4 cm³/mol. The number of hydrogen-bond donors (Lipinski definition) is 2. The van der Waals surface area contributed by atoms with Crippen LogP contribution in [-0.4, -0.2) is 36.3 Å². The standard InChI is InChI=1S/C10H13N5O/c11-7-8-1-2-13-10(9(8)12)14-15-3-5-16-6-4-15/h1-2H,3-6,12H2,(H,13,14). The maximum absolute atomic E-state index is 8.83. The third-order valence-electron chi connectivity index (χ3n) is 2.39. The van der Waals surface area contributed by atoms with Gasteiger partial charge in [0.1, 0.15) is 6.07 Å². The fourth-order valence-corrected chi connectivity index (χ4v) is 1.48. The predicted octanol–water partition coefficient (Wildman–Crippen LogP) is 0.195. The highest BCUT2D eigenvalue weighted by Gasteiger charge is 2.13. The number of nitrogens with zero attached hydrogens (tertiary/aromatic N) is 3. The molecule has 0 radical (unpaired) electrons. The first-order valence-corrected chi connectivity index (χ1v) is 5.05. The molecule has 0 unspecified atom stereocenters. The van der Waals surface area contributed by atoms with Crippen molar-refractivity contribution in [3.8, 4) is 6.07 Å². The molecule has 0 saturated carbocycles. The molecular weight excluding hydrogens is 206 g/mol. The molecule has 1 fully saturated rings. The van der Waals surface area contributed by atoms with Crippen molar-refractivity contribution in [1.29, 1.82) is 5.26 Å². The number of nitrogens with two attached hydrogens (primary N) is 1. The van der Waals surface area contributed by atoms with E-state index in [4.69, 9.17) is 15.7 Å². The zero-order valence-corrected chi connectivity index (χ0v) is 8.81. The van der Waals surface area contributed by atoms with Crippen LogP contribution in [0.5, 0.6) is 0 Å². The van der Waals surface area contributed by atoms with E-state index in [0.29, 0.717) is 30.3 Å². The quantitative estimate of drug-likeness (QED) is 0.738. The Labute approximate surface area is 93.6 Å². The number of nitriles is 1. The molecule has 0 amide bonds. The van der Waals surface area contributed by atoms with Crippen LogP contribution in [0.1, 0.15) is 5.56 Å². The van der Waals surface area contributed by atoms with Crippen LogP contribution in [0.25, 0.3) is 0 Å². The smallest absolute Gasteiger partial charge is 0.165 e. The van der Waals surface area contributed by atoms with Crippen LogP contribution in [0.4, 0.5) is 11.5 Å². The summed E-state index contributed by atoms with van der Waals surface area (Å²) < 4.78 is 5.23. The van der Waals surface area contributed by atoms with Crippen molar-refractivity contribution in [2.45, 2.75) is 0 Å². The SMILES string of the molecule is N#Cc1ccnc(NN2CCOCC2)c1N. The van der Waals surface area contributed by atoms with E-state index >= 15 is 0 Å². The van der Waals surface area contributed by atoms with E-state index in [-0.39, 0.29) is 0 Å². The van der Waals surface area contributed by atoms with Crippen LogP contribution in [0.3, 0.4) is 0 Å². The highest BCUT2D eigenvalue weighted by atomic mass is 16.5. The van der Waals surface area contributed by atoms with Crippen LogP contribution in [-0.2, 0) is 4.74 Å². The minimum atomic E-state index is 0.386. The van der Waals surface area contributed by atoms with E-state index in [0.717, 1.165) is 13.1 Å². The molecule has 0 aliphatic carbocycles. The highest BCUT2D eigenvalue weighted by molar-refractivity contribution is 5.68. The Balaban J connectivity index is 2.12. The molecule has 2 heterocycles. The van der Waals surface area contributed by atoms with Gasteiger partial charge in [-0.1, -0.05) is 0 Å². The van der Waals surface area contributed by atoms with E-state index < -0.39 is 0 Å². The lowest BCUT2D eigenvalue weighted by atomic mass is 10.2. The summed E-state index contributed by atoms with van der Waals surface area (Å²) in [6.07, 6.45) is 1.57. The molecule has 1 saturated heterocycles. The fraction of sp³-hybridized carbons (Fsp3) is 0.400. The molecule has 1 aromatic heterocycles. The maximum atomic E-state index is 8.83. The van der Waals surface area contributed by atoms with Crippen LogP contribution >= 0.6 is 0 Å². The number of morpholine rings is 1. The highest BCUT2D eigenvalue weighted by Crippen LogP contribution is 2.19. The minimum Gasteiger partial charge on any atom is -0.395 e. The monoisotopic (exact) mass is 219 g/mol. The first kappa shape index (κ1) is 10.7. The Morgan fingerprint density at radius 1 is 1.50 bits per heavy atom. The van der Waals surface area contributed by atoms with Crippen LogP contribution in [0, 0.1) is 11.3 Å². The number of nitrogens with one attached hydrogen (secondary N) is 1. The van der Waals surface area contributed by atoms with Gasteiger partial charge in [0.05, 0.1) is 24.5 Å². The van der Waals surface area contributed by atoms with Gasteiger partial charge >= 0.3 is 0 Å². The van der Waals surface area contributed by atoms with E-state index in [2.05, 4.69) is 10.4 Å². The second-order valence-electron chi connectivity index (χ2n) is 3.44. The molecular formula is C10H13N5O. The molecule has 84 valence electrons. The molecule has 16 heavy (non-hydrogen) atoms. The number of hydrazine groups is 1. The molecule has 0 spiro atoms. The molecule has 6 nitrogen and oxygen atoms in total. The molecule has 1 aliphatic rings. The van der Waals surface area contributed by atoms with Gasteiger partial charge in [-0.3, -0.25) is 0 Å². The van der Waals surface area contributed by atoms with Crippen LogP contribution in [0.15, 0.2) is 12.3 Å². The molecule has 0 atom stereocenters. The largest absolute Gasteiger partial charge is 0.395 e. The molecule has 0 bridgehead atoms. The van der Waals surface area contributed by atoms with Crippen LogP contribution in [0.2, 0.25) is 0 Å². The van der Waals surface area contributed by atoms with Gasteiger partial charge in [-0.15, -0.1) is 0 Å². The number of anilines is 2. The molecule has 3 N–H and O–H groups in total. The number of pyridine rings is 1. The Kier molecular flexibility index (Phi) is 3.19. The molecule has 0 aromatic carbocycles. The van der Waals surface area contributed by atoms with Gasteiger partial charge in [-0.2, -0.15) is 5.26 Å². The maximum Gasteiger partial charge on any atom is 0.165 e. The molecule has 2 rings (SSSR count). The summed E-state index contributed by atoms with van der Waals surface area (Å²) in [6, 6.07) is 3.62. The average molecular weight is 219 g/mol. The normalized spacial score (nSPS) is 16.7. The Hall–Kier alpha value is -1.84. The Morgan fingerprint density at radius 2 is 2.25 bits per heavy atom. The lowest BCUT2D eigenvalue weighted by Crippen LogP contribution is -2.40. The zero-order valence-electron chi connectivity index (χ0n) is 8.81. The number of hydrogen-bond acceptors (Lipinski definition) is 6. The number of rotatable bonds is 2. The number of ether oxygens (including phenoxy) is 1. The van der Waals surface area contributed by atoms with Crippen molar-refractivity contribution < 1.29 is 4.74 Å². The third kappa shape index (κ3) is 2.21. The summed E-state index contributed by atoms with van der Waals surface area (Å²) in [5, 5.41) is 10.8. The Bertz CT molecular complexity index is 408. The first-order valence-electron chi connectivity index (χ1n) is 5.05. The third-order valence-corrected chi connectivity index (χ3v) is 2.39. The minimum absolute atomic E-state index is 0.386. The van der Waals surface area contributed by atoms with E-state index in [1.54, 1.807) is 12.3 Å². The zero-order chi connectivity index (χ0) is 11.4. The summed E-state index contributed by atoms with van der Waals surface area (Å²) >= 11 is 0. The lowest BCUT2D eigenvalue weighted by molar-refractivity contribution is 0.0495. The van der Waals surface area contributed by atoms with Crippen molar-refractivity contribution >= 4 is 11.5 Å². The summed E-state index contributed by atoms with van der Waals surface area (Å²) in [6.45, 7) is 2.92. The number of aromatic nitrogens is 1. The van der Waals surface area contributed by atoms with Crippen molar-refractivity contribution in [2.24, 2.45) is 0 Å². The van der Waals surface area contributed by atoms with Gasteiger partial charge in [-0.25, -0.2) is 9.99 Å². The van der Waals surface area contributed by atoms with Crippen molar-refractivity contribution in [1.82, 2.24) is 9.99 Å². The fourth-order valence-electron chi connectivity index (χ4n) is 1.48. The van der Waals surface area contributed by atoms with Crippen molar-refractivity contribution in [3.63, 3.8) is 0 Å². The van der Waals surface area contributed by atoms with Crippen LogP contribution < -0.4 is 11.2 Å². The van der Waals surface area contributed by atoms with Gasteiger partial charge in [0.25, 0.3) is 0 Å². The van der Waals surface area contributed by atoms with Crippen molar-refractivity contribution in [2.75, 3.05) is 37.5 Å². The van der Waals surface area contributed by atoms with E-state index in [9.17, 15) is 0 Å². The average Bonchev–Trinajstić information content (AvgIpc) is 2.33. The van der Waals surface area contributed by atoms with E-state index in [1.807, 2.05) is 11.1 Å².